The third-order valence-corrected chi connectivity index (χ3v) is 2.16. The van der Waals surface area contributed by atoms with Crippen molar-refractivity contribution in [3.05, 3.63) is 36.4 Å². The lowest BCUT2D eigenvalue weighted by atomic mass is 10.3. The number of methoxy groups -OCH3 is 1. The fourth-order valence-corrected chi connectivity index (χ4v) is 1.22. The highest BCUT2D eigenvalue weighted by Gasteiger charge is 2.07. The first-order valence-electron chi connectivity index (χ1n) is 5.94. The number of phenolic OH excluding ortho intramolecular Hbond substituents is 1. The molecule has 0 heterocycles. The summed E-state index contributed by atoms with van der Waals surface area (Å²) in [4.78, 5) is 33.3. The van der Waals surface area contributed by atoms with Crippen LogP contribution in [0, 0.1) is 0 Å². The van der Waals surface area contributed by atoms with Crippen molar-refractivity contribution in [1.29, 1.82) is 0 Å². The zero-order valence-electron chi connectivity index (χ0n) is 11.3. The van der Waals surface area contributed by atoms with Gasteiger partial charge in [-0.3, -0.25) is 4.79 Å². The molecule has 0 aromatic heterocycles. The van der Waals surface area contributed by atoms with Gasteiger partial charge in [-0.05, 0) is 12.1 Å². The van der Waals surface area contributed by atoms with Gasteiger partial charge in [-0.1, -0.05) is 6.07 Å². The van der Waals surface area contributed by atoms with Crippen LogP contribution < -0.4 is 4.74 Å². The molecule has 0 aliphatic carbocycles. The summed E-state index contributed by atoms with van der Waals surface area (Å²) in [5.74, 6) is -1.91. The number of carbonyl (C=O) groups is 3. The summed E-state index contributed by atoms with van der Waals surface area (Å²) < 4.78 is 13.9. The maximum atomic E-state index is 11.4. The smallest absolute Gasteiger partial charge is 0.331 e. The molecule has 0 radical (unpaired) electrons. The molecular formula is C14H14O7. The second kappa shape index (κ2) is 8.36. The summed E-state index contributed by atoms with van der Waals surface area (Å²) in [6.07, 6.45) is 1.65. The molecule has 0 spiro atoms. The number of carbonyl (C=O) groups excluding carboxylic acids is 3. The molecule has 1 rings (SSSR count). The van der Waals surface area contributed by atoms with Crippen LogP contribution in [-0.2, 0) is 23.9 Å². The van der Waals surface area contributed by atoms with Crippen LogP contribution in [-0.4, -0.2) is 36.7 Å². The van der Waals surface area contributed by atoms with Crippen LogP contribution in [0.3, 0.4) is 0 Å². The van der Waals surface area contributed by atoms with Gasteiger partial charge in [-0.25, -0.2) is 9.59 Å². The number of ether oxygens (including phenoxy) is 3. The molecule has 0 saturated carbocycles. The zero-order chi connectivity index (χ0) is 15.7. The van der Waals surface area contributed by atoms with Gasteiger partial charge in [0.05, 0.1) is 13.5 Å². The van der Waals surface area contributed by atoms with Crippen LogP contribution in [0.25, 0.3) is 0 Å². The molecular weight excluding hydrogens is 280 g/mol. The third-order valence-electron chi connectivity index (χ3n) is 2.16. The number of aromatic hydroxyl groups is 1. The molecule has 1 aromatic rings. The van der Waals surface area contributed by atoms with E-state index in [-0.39, 0.29) is 24.5 Å². The third kappa shape index (κ3) is 6.76. The van der Waals surface area contributed by atoms with Gasteiger partial charge in [0.25, 0.3) is 0 Å². The largest absolute Gasteiger partial charge is 0.508 e. The van der Waals surface area contributed by atoms with E-state index in [0.29, 0.717) is 0 Å². The number of benzene rings is 1. The maximum Gasteiger partial charge on any atom is 0.331 e. The molecule has 7 nitrogen and oxygen atoms in total. The molecule has 0 amide bonds. The lowest BCUT2D eigenvalue weighted by Gasteiger charge is -2.04. The van der Waals surface area contributed by atoms with E-state index in [4.69, 9.17) is 4.74 Å². The molecule has 1 N–H and O–H groups in total. The van der Waals surface area contributed by atoms with Gasteiger partial charge in [0, 0.05) is 18.2 Å². The van der Waals surface area contributed by atoms with E-state index in [9.17, 15) is 19.5 Å². The molecule has 1 aromatic carbocycles. The van der Waals surface area contributed by atoms with Crippen molar-refractivity contribution in [2.75, 3.05) is 13.7 Å². The van der Waals surface area contributed by atoms with Crippen molar-refractivity contribution < 1.29 is 33.7 Å². The Hall–Kier alpha value is -2.83. The van der Waals surface area contributed by atoms with E-state index in [2.05, 4.69) is 9.47 Å². The second-order valence-electron chi connectivity index (χ2n) is 3.75. The molecule has 7 heteroatoms. The van der Waals surface area contributed by atoms with Gasteiger partial charge in [0.1, 0.15) is 18.1 Å². The minimum atomic E-state index is -0.773. The van der Waals surface area contributed by atoms with E-state index in [0.717, 1.165) is 12.2 Å². The number of rotatable bonds is 6. The monoisotopic (exact) mass is 294 g/mol. The standard InChI is InChI=1S/C14H14O7/c1-19-12(16)5-6-13(17)20-8-7-14(18)21-11-4-2-3-10(15)9-11/h2-6,9,15H,7-8H2,1H3/b6-5-. The molecule has 112 valence electrons. The Morgan fingerprint density at radius 3 is 2.57 bits per heavy atom. The maximum absolute atomic E-state index is 11.4. The molecule has 0 fully saturated rings. The first-order chi connectivity index (χ1) is 10.0. The average Bonchev–Trinajstić information content (AvgIpc) is 2.44. The Balaban J connectivity index is 2.29. The average molecular weight is 294 g/mol. The second-order valence-corrected chi connectivity index (χ2v) is 3.75. The fourth-order valence-electron chi connectivity index (χ4n) is 1.22. The van der Waals surface area contributed by atoms with Gasteiger partial charge in [-0.2, -0.15) is 0 Å². The van der Waals surface area contributed by atoms with Crippen molar-refractivity contribution >= 4 is 17.9 Å². The predicted molar refractivity (Wildman–Crippen MR) is 70.5 cm³/mol. The molecule has 21 heavy (non-hydrogen) atoms. The van der Waals surface area contributed by atoms with Gasteiger partial charge >= 0.3 is 17.9 Å². The number of hydrogen-bond acceptors (Lipinski definition) is 7. The first-order valence-corrected chi connectivity index (χ1v) is 5.94. The van der Waals surface area contributed by atoms with E-state index in [1.165, 1.54) is 31.4 Å². The molecule has 0 aliphatic heterocycles. The Bertz CT molecular complexity index is 548. The Morgan fingerprint density at radius 2 is 1.90 bits per heavy atom. The van der Waals surface area contributed by atoms with Gasteiger partial charge in [-0.15, -0.1) is 0 Å². The summed E-state index contributed by atoms with van der Waals surface area (Å²) in [5.41, 5.74) is 0. The van der Waals surface area contributed by atoms with Crippen molar-refractivity contribution in [2.24, 2.45) is 0 Å². The highest BCUT2D eigenvalue weighted by molar-refractivity contribution is 5.91. The molecule has 0 bridgehead atoms. The SMILES string of the molecule is COC(=O)/C=C\C(=O)OCCC(=O)Oc1cccc(O)c1. The van der Waals surface area contributed by atoms with Crippen molar-refractivity contribution in [1.82, 2.24) is 0 Å². The minimum absolute atomic E-state index is 0.0281. The predicted octanol–water partition coefficient (Wildman–Crippen LogP) is 0.960. The van der Waals surface area contributed by atoms with Crippen LogP contribution >= 0.6 is 0 Å². The normalized spacial score (nSPS) is 10.1. The first kappa shape index (κ1) is 16.2. The number of esters is 3. The van der Waals surface area contributed by atoms with E-state index < -0.39 is 17.9 Å². The lowest BCUT2D eigenvalue weighted by Crippen LogP contribution is -2.13. The molecule has 0 aliphatic rings. The summed E-state index contributed by atoms with van der Waals surface area (Å²) in [6, 6.07) is 5.74. The minimum Gasteiger partial charge on any atom is -0.508 e. The lowest BCUT2D eigenvalue weighted by molar-refractivity contribution is -0.142. The van der Waals surface area contributed by atoms with Gasteiger partial charge < -0.3 is 19.3 Å². The van der Waals surface area contributed by atoms with E-state index in [1.54, 1.807) is 0 Å². The van der Waals surface area contributed by atoms with Crippen molar-refractivity contribution in [2.45, 2.75) is 6.42 Å². The van der Waals surface area contributed by atoms with Crippen LogP contribution in [0.4, 0.5) is 0 Å². The Kier molecular flexibility index (Phi) is 6.46. The Labute approximate surface area is 120 Å². The molecule has 0 atom stereocenters. The summed E-state index contributed by atoms with van der Waals surface area (Å²) >= 11 is 0. The molecule has 0 saturated heterocycles. The van der Waals surface area contributed by atoms with E-state index >= 15 is 0 Å². The highest BCUT2D eigenvalue weighted by atomic mass is 16.6. The number of phenols is 1. The Morgan fingerprint density at radius 1 is 1.19 bits per heavy atom. The van der Waals surface area contributed by atoms with Crippen molar-refractivity contribution in [3.63, 3.8) is 0 Å². The topological polar surface area (TPSA) is 99.1 Å². The molecule has 0 unspecified atom stereocenters. The van der Waals surface area contributed by atoms with Crippen LogP contribution in [0.1, 0.15) is 6.42 Å². The summed E-state index contributed by atoms with van der Waals surface area (Å²) in [6.45, 7) is -0.192. The van der Waals surface area contributed by atoms with Crippen LogP contribution in [0.5, 0.6) is 11.5 Å². The van der Waals surface area contributed by atoms with Crippen LogP contribution in [0.2, 0.25) is 0 Å². The summed E-state index contributed by atoms with van der Waals surface area (Å²) in [7, 11) is 1.18. The fraction of sp³-hybridized carbons (Fsp3) is 0.214. The van der Waals surface area contributed by atoms with Gasteiger partial charge in [0.15, 0.2) is 0 Å². The highest BCUT2D eigenvalue weighted by Crippen LogP contribution is 2.17. The summed E-state index contributed by atoms with van der Waals surface area (Å²) in [5, 5.41) is 9.19. The number of hydrogen-bond donors (Lipinski definition) is 1. The quantitative estimate of drug-likeness (QED) is 0.474. The van der Waals surface area contributed by atoms with Crippen molar-refractivity contribution in [3.8, 4) is 11.5 Å². The van der Waals surface area contributed by atoms with Gasteiger partial charge in [0.2, 0.25) is 0 Å². The van der Waals surface area contributed by atoms with E-state index in [1.807, 2.05) is 0 Å². The van der Waals surface area contributed by atoms with Crippen LogP contribution in [0.15, 0.2) is 36.4 Å². The zero-order valence-corrected chi connectivity index (χ0v) is 11.3.